The largest absolute Gasteiger partial charge is 0.491 e. The first-order valence-corrected chi connectivity index (χ1v) is 16.6. The number of hydrogen-bond donors (Lipinski definition) is 1. The lowest BCUT2D eigenvalue weighted by molar-refractivity contribution is -0.189. The molecule has 2 atom stereocenters. The predicted octanol–water partition coefficient (Wildman–Crippen LogP) is 1.57. The molecule has 0 radical (unpaired) electrons. The molecule has 0 saturated carbocycles. The van der Waals surface area contributed by atoms with Crippen molar-refractivity contribution in [2.45, 2.75) is 29.3 Å². The van der Waals surface area contributed by atoms with Gasteiger partial charge >= 0.3 is 12.1 Å². The van der Waals surface area contributed by atoms with E-state index >= 15 is 0 Å². The van der Waals surface area contributed by atoms with E-state index in [4.69, 9.17) is 5.73 Å². The summed E-state index contributed by atoms with van der Waals surface area (Å²) >= 11 is 1.01. The molecule has 2 saturated heterocycles. The van der Waals surface area contributed by atoms with Crippen LogP contribution in [0.25, 0.3) is 0 Å². The molecule has 226 valence electrons. The van der Waals surface area contributed by atoms with Crippen LogP contribution in [0.15, 0.2) is 40.6 Å². The first-order valence-electron chi connectivity index (χ1n) is 12.5. The van der Waals surface area contributed by atoms with Gasteiger partial charge < -0.3 is 15.4 Å². The lowest BCUT2D eigenvalue weighted by Crippen LogP contribution is -2.54. The number of esters is 1. The highest BCUT2D eigenvalue weighted by atomic mass is 32.2. The van der Waals surface area contributed by atoms with E-state index in [0.29, 0.717) is 10.4 Å². The minimum atomic E-state index is -5.20. The second-order valence-electron chi connectivity index (χ2n) is 9.82. The van der Waals surface area contributed by atoms with Crippen molar-refractivity contribution in [1.29, 1.82) is 0 Å². The Morgan fingerprint density at radius 3 is 2.29 bits per heavy atom. The van der Waals surface area contributed by atoms with E-state index in [1.807, 2.05) is 0 Å². The molecule has 2 aliphatic rings. The molecule has 2 aliphatic heterocycles. The Morgan fingerprint density at radius 1 is 1.02 bits per heavy atom. The Morgan fingerprint density at radius 2 is 1.71 bits per heavy atom. The molecular formula is C24H29F3N4O7S3. The molecule has 1 amide bonds. The molecule has 0 aliphatic carbocycles. The molecular weight excluding hydrogens is 609 g/mol. The third-order valence-corrected chi connectivity index (χ3v) is 11.7. The van der Waals surface area contributed by atoms with Crippen LogP contribution in [0.2, 0.25) is 0 Å². The topological polar surface area (TPSA) is 147 Å². The zero-order valence-corrected chi connectivity index (χ0v) is 24.4. The van der Waals surface area contributed by atoms with Crippen LogP contribution in [0.3, 0.4) is 0 Å². The van der Waals surface area contributed by atoms with Gasteiger partial charge in [0.2, 0.25) is 15.9 Å². The summed E-state index contributed by atoms with van der Waals surface area (Å²) in [7, 11) is -7.49. The van der Waals surface area contributed by atoms with E-state index in [1.165, 1.54) is 37.8 Å². The second kappa shape index (κ2) is 12.0. The maximum absolute atomic E-state index is 13.6. The van der Waals surface area contributed by atoms with Crippen LogP contribution in [0.4, 0.5) is 13.2 Å². The zero-order valence-electron chi connectivity index (χ0n) is 21.9. The van der Waals surface area contributed by atoms with Gasteiger partial charge in [0.15, 0.2) is 0 Å². The van der Waals surface area contributed by atoms with Crippen molar-refractivity contribution in [2.24, 2.45) is 11.7 Å². The van der Waals surface area contributed by atoms with E-state index in [9.17, 15) is 39.6 Å². The summed E-state index contributed by atoms with van der Waals surface area (Å²) in [6.45, 7) is 0.412. The number of carbonyl (C=O) groups excluding carboxylic acids is 2. The fraction of sp³-hybridized carbons (Fsp3) is 0.500. The summed E-state index contributed by atoms with van der Waals surface area (Å²) in [5, 5.41) is 0. The Hall–Kier alpha value is -2.57. The summed E-state index contributed by atoms with van der Waals surface area (Å²) in [6, 6.07) is 8.39. The minimum absolute atomic E-state index is 0.0411. The fourth-order valence-corrected chi connectivity index (χ4v) is 8.65. The lowest BCUT2D eigenvalue weighted by atomic mass is 9.84. The Labute approximate surface area is 239 Å². The third kappa shape index (κ3) is 7.26. The Bertz CT molecular complexity index is 1500. The third-order valence-electron chi connectivity index (χ3n) is 6.99. The van der Waals surface area contributed by atoms with Gasteiger partial charge in [-0.15, -0.1) is 11.3 Å². The van der Waals surface area contributed by atoms with Gasteiger partial charge in [0.05, 0.1) is 12.2 Å². The van der Waals surface area contributed by atoms with Gasteiger partial charge in [-0.1, -0.05) is 12.1 Å². The molecule has 0 spiro atoms. The molecule has 0 bridgehead atoms. The van der Waals surface area contributed by atoms with E-state index < -0.39 is 44.0 Å². The van der Waals surface area contributed by atoms with Gasteiger partial charge in [0.25, 0.3) is 10.0 Å². The summed E-state index contributed by atoms with van der Waals surface area (Å²) in [5.74, 6) is -4.55. The van der Waals surface area contributed by atoms with Gasteiger partial charge in [-0.05, 0) is 42.2 Å². The van der Waals surface area contributed by atoms with E-state index in [1.54, 1.807) is 12.1 Å². The second-order valence-corrected chi connectivity index (χ2v) is 15.1. The predicted molar refractivity (Wildman–Crippen MR) is 143 cm³/mol. The number of piperazine rings is 1. The normalized spacial score (nSPS) is 21.5. The number of hydrogen-bond acceptors (Lipinski definition) is 9. The number of halogens is 3. The molecule has 41 heavy (non-hydrogen) atoms. The number of benzene rings is 1. The molecule has 3 heterocycles. The summed E-state index contributed by atoms with van der Waals surface area (Å²) in [6.07, 6.45) is -3.94. The van der Waals surface area contributed by atoms with Crippen LogP contribution in [-0.4, -0.2) is 93.9 Å². The van der Waals surface area contributed by atoms with E-state index in [0.717, 1.165) is 17.6 Å². The van der Waals surface area contributed by atoms with E-state index in [2.05, 4.69) is 4.74 Å². The SMILES string of the molecule is CS(=O)(=O)N1CCN(C(=O)[C@H]2C[C@@H](c3cccc(OC(=O)C(F)(F)F)c3)CN(S(=O)(=O)c3ccc(CN)s3)C2)CC1. The number of amides is 1. The zero-order chi connectivity index (χ0) is 30.2. The first kappa shape index (κ1) is 31.4. The highest BCUT2D eigenvalue weighted by Gasteiger charge is 2.43. The number of alkyl halides is 3. The highest BCUT2D eigenvalue weighted by Crippen LogP contribution is 2.37. The number of carbonyl (C=O) groups is 2. The van der Waals surface area contributed by atoms with Gasteiger partial charge in [-0.25, -0.2) is 21.6 Å². The van der Waals surface area contributed by atoms with Crippen molar-refractivity contribution in [3.8, 4) is 5.75 Å². The van der Waals surface area contributed by atoms with Crippen LogP contribution >= 0.6 is 11.3 Å². The molecule has 2 N–H and O–H groups in total. The molecule has 17 heteroatoms. The van der Waals surface area contributed by atoms with E-state index in [-0.39, 0.29) is 68.1 Å². The van der Waals surface area contributed by atoms with Crippen LogP contribution in [0, 0.1) is 5.92 Å². The summed E-state index contributed by atoms with van der Waals surface area (Å²) in [4.78, 5) is 27.1. The standard InChI is InChI=1S/C24H29F3N4O7S3/c1-40(34,35)30-9-7-29(8-10-30)22(32)18-11-17(16-3-2-4-19(12-16)38-23(33)24(25,26)27)14-31(15-18)41(36,37)21-6-5-20(13-28)39-21/h2-6,12,17-18H,7-11,13-15,28H2,1H3/t17-,18+/m1/s1. The Balaban J connectivity index is 1.62. The molecule has 1 aromatic heterocycles. The van der Waals surface area contributed by atoms with Crippen molar-refractivity contribution < 1.29 is 44.3 Å². The molecule has 1 aromatic carbocycles. The molecule has 11 nitrogen and oxygen atoms in total. The van der Waals surface area contributed by atoms with Crippen LogP contribution in [-0.2, 0) is 36.2 Å². The Kier molecular flexibility index (Phi) is 9.15. The number of piperidine rings is 1. The quantitative estimate of drug-likeness (QED) is 0.355. The average molecular weight is 639 g/mol. The number of nitrogens with two attached hydrogens (primary N) is 1. The van der Waals surface area contributed by atoms with Crippen LogP contribution < -0.4 is 10.5 Å². The van der Waals surface area contributed by atoms with Crippen molar-refractivity contribution in [3.63, 3.8) is 0 Å². The van der Waals surface area contributed by atoms with Gasteiger partial charge in [-0.3, -0.25) is 4.79 Å². The van der Waals surface area contributed by atoms with Crippen molar-refractivity contribution >= 4 is 43.3 Å². The van der Waals surface area contributed by atoms with Crippen molar-refractivity contribution in [2.75, 3.05) is 45.5 Å². The maximum atomic E-state index is 13.6. The van der Waals surface area contributed by atoms with Crippen LogP contribution in [0.1, 0.15) is 22.8 Å². The maximum Gasteiger partial charge on any atom is 0.491 e. The van der Waals surface area contributed by atoms with Crippen molar-refractivity contribution in [3.05, 3.63) is 46.8 Å². The molecule has 0 unspecified atom stereocenters. The van der Waals surface area contributed by atoms with Gasteiger partial charge in [-0.2, -0.15) is 21.8 Å². The minimum Gasteiger partial charge on any atom is -0.420 e. The lowest BCUT2D eigenvalue weighted by Gasteiger charge is -2.40. The number of rotatable bonds is 7. The molecule has 2 aromatic rings. The molecule has 4 rings (SSSR count). The van der Waals surface area contributed by atoms with Crippen molar-refractivity contribution in [1.82, 2.24) is 13.5 Å². The monoisotopic (exact) mass is 638 g/mol. The first-order chi connectivity index (χ1) is 19.1. The number of thiophene rings is 1. The summed E-state index contributed by atoms with van der Waals surface area (Å²) in [5.41, 5.74) is 6.04. The number of sulfonamides is 2. The highest BCUT2D eigenvalue weighted by molar-refractivity contribution is 7.91. The van der Waals surface area contributed by atoms with Gasteiger partial charge in [0, 0.05) is 50.7 Å². The number of nitrogens with zero attached hydrogens (tertiary/aromatic N) is 3. The summed E-state index contributed by atoms with van der Waals surface area (Å²) < 4.78 is 96.1. The number of ether oxygens (including phenoxy) is 1. The average Bonchev–Trinajstić information content (AvgIpc) is 3.42. The van der Waals surface area contributed by atoms with Gasteiger partial charge in [0.1, 0.15) is 9.96 Å². The fourth-order valence-electron chi connectivity index (χ4n) is 4.90. The van der Waals surface area contributed by atoms with Crippen LogP contribution in [0.5, 0.6) is 5.75 Å². The molecule has 2 fully saturated rings. The smallest absolute Gasteiger partial charge is 0.420 e.